The highest BCUT2D eigenvalue weighted by molar-refractivity contribution is 14.0. The smallest absolute Gasteiger partial charge is 0.191 e. The highest BCUT2D eigenvalue weighted by Gasteiger charge is 2.07. The van der Waals surface area contributed by atoms with Crippen LogP contribution in [0.25, 0.3) is 10.9 Å². The number of nitrogens with zero attached hydrogens (tertiary/aromatic N) is 2. The SMILES string of the molecule is CCNC(=NCc1ccn(C)c1)NCCc1c[nH]c2c(CC)cccc12.I. The van der Waals surface area contributed by atoms with E-state index in [0.717, 1.165) is 31.9 Å². The van der Waals surface area contributed by atoms with Gasteiger partial charge in [-0.3, -0.25) is 0 Å². The number of aryl methyl sites for hydroxylation is 2. The summed E-state index contributed by atoms with van der Waals surface area (Å²) in [5.74, 6) is 0.866. The van der Waals surface area contributed by atoms with E-state index in [-0.39, 0.29) is 24.0 Å². The Morgan fingerprint density at radius 3 is 2.70 bits per heavy atom. The summed E-state index contributed by atoms with van der Waals surface area (Å²) in [4.78, 5) is 8.12. The first-order chi connectivity index (χ1) is 12.7. The minimum Gasteiger partial charge on any atom is -0.361 e. The van der Waals surface area contributed by atoms with Crippen molar-refractivity contribution in [3.63, 3.8) is 0 Å². The summed E-state index contributed by atoms with van der Waals surface area (Å²) < 4.78 is 2.05. The fourth-order valence-corrected chi connectivity index (χ4v) is 3.26. The van der Waals surface area contributed by atoms with Crippen molar-refractivity contribution >= 4 is 40.8 Å². The Bertz CT molecular complexity index is 878. The zero-order valence-electron chi connectivity index (χ0n) is 16.4. The van der Waals surface area contributed by atoms with Crippen LogP contribution in [0.2, 0.25) is 0 Å². The molecule has 0 aliphatic heterocycles. The summed E-state index contributed by atoms with van der Waals surface area (Å²) in [5, 5.41) is 8.10. The van der Waals surface area contributed by atoms with Crippen molar-refractivity contribution in [2.45, 2.75) is 33.2 Å². The average Bonchev–Trinajstić information content (AvgIpc) is 3.25. The number of fused-ring (bicyclic) bond motifs is 1. The summed E-state index contributed by atoms with van der Waals surface area (Å²) in [6, 6.07) is 8.65. The van der Waals surface area contributed by atoms with Gasteiger partial charge in [-0.05, 0) is 42.5 Å². The Morgan fingerprint density at radius 2 is 2.00 bits per heavy atom. The van der Waals surface area contributed by atoms with Crippen LogP contribution in [0.5, 0.6) is 0 Å². The van der Waals surface area contributed by atoms with Gasteiger partial charge in [0.1, 0.15) is 0 Å². The maximum atomic E-state index is 4.68. The number of benzene rings is 1. The maximum absolute atomic E-state index is 4.68. The first-order valence-corrected chi connectivity index (χ1v) is 9.42. The minimum atomic E-state index is 0. The Balaban J connectivity index is 0.00000261. The number of H-pyrrole nitrogens is 1. The van der Waals surface area contributed by atoms with Gasteiger partial charge in [0.25, 0.3) is 0 Å². The number of para-hydroxylation sites is 1. The third kappa shape index (κ3) is 5.51. The molecule has 0 saturated carbocycles. The van der Waals surface area contributed by atoms with E-state index in [1.54, 1.807) is 0 Å². The predicted molar refractivity (Wildman–Crippen MR) is 125 cm³/mol. The lowest BCUT2D eigenvalue weighted by Crippen LogP contribution is -2.38. The fraction of sp³-hybridized carbons (Fsp3) is 0.381. The van der Waals surface area contributed by atoms with E-state index in [9.17, 15) is 0 Å². The molecule has 0 spiro atoms. The van der Waals surface area contributed by atoms with E-state index in [1.165, 1.54) is 27.6 Å². The van der Waals surface area contributed by atoms with Gasteiger partial charge in [-0.1, -0.05) is 25.1 Å². The van der Waals surface area contributed by atoms with E-state index < -0.39 is 0 Å². The molecule has 0 saturated heterocycles. The van der Waals surface area contributed by atoms with E-state index in [2.05, 4.69) is 71.1 Å². The average molecular weight is 479 g/mol. The summed E-state index contributed by atoms with van der Waals surface area (Å²) in [6.45, 7) is 6.68. The summed E-state index contributed by atoms with van der Waals surface area (Å²) in [5.41, 5.74) is 5.21. The number of aromatic nitrogens is 2. The van der Waals surface area contributed by atoms with E-state index in [0.29, 0.717) is 6.54 Å². The number of hydrogen-bond donors (Lipinski definition) is 3. The Kier molecular flexibility index (Phi) is 8.22. The lowest BCUT2D eigenvalue weighted by Gasteiger charge is -2.11. The molecular weight excluding hydrogens is 449 g/mol. The number of halogens is 1. The molecule has 6 heteroatoms. The number of hydrogen-bond acceptors (Lipinski definition) is 1. The van der Waals surface area contributed by atoms with Gasteiger partial charge in [-0.15, -0.1) is 24.0 Å². The minimum absolute atomic E-state index is 0. The van der Waals surface area contributed by atoms with Gasteiger partial charge < -0.3 is 20.2 Å². The van der Waals surface area contributed by atoms with Gasteiger partial charge in [0.05, 0.1) is 6.54 Å². The largest absolute Gasteiger partial charge is 0.361 e. The van der Waals surface area contributed by atoms with Gasteiger partial charge in [-0.25, -0.2) is 4.99 Å². The molecule has 0 aliphatic carbocycles. The van der Waals surface area contributed by atoms with Crippen molar-refractivity contribution in [3.8, 4) is 0 Å². The molecule has 146 valence electrons. The third-order valence-electron chi connectivity index (χ3n) is 4.61. The molecule has 0 aliphatic rings. The molecule has 2 heterocycles. The van der Waals surface area contributed by atoms with Crippen molar-refractivity contribution in [1.82, 2.24) is 20.2 Å². The van der Waals surface area contributed by atoms with Gasteiger partial charge in [-0.2, -0.15) is 0 Å². The molecule has 0 bridgehead atoms. The van der Waals surface area contributed by atoms with Crippen LogP contribution in [0.1, 0.15) is 30.5 Å². The lowest BCUT2D eigenvalue weighted by atomic mass is 10.1. The van der Waals surface area contributed by atoms with Crippen LogP contribution in [0.15, 0.2) is 47.8 Å². The van der Waals surface area contributed by atoms with E-state index >= 15 is 0 Å². The number of guanidine groups is 1. The summed E-state index contributed by atoms with van der Waals surface area (Å²) in [7, 11) is 2.03. The fourth-order valence-electron chi connectivity index (χ4n) is 3.26. The first kappa shape index (κ1) is 21.3. The Hall–Kier alpha value is -1.96. The standard InChI is InChI=1S/C21H29N5.HI/c1-4-17-7-6-8-19-18(14-24-20(17)19)9-11-23-21(22-5-2)25-13-16-10-12-26(3)15-16;/h6-8,10,12,14-15,24H,4-5,9,11,13H2,1-3H3,(H2,22,23,25);1H. The molecule has 0 amide bonds. The van der Waals surface area contributed by atoms with Gasteiger partial charge in [0, 0.05) is 49.6 Å². The number of aromatic amines is 1. The van der Waals surface area contributed by atoms with Crippen molar-refractivity contribution in [2.75, 3.05) is 13.1 Å². The normalized spacial score (nSPS) is 11.4. The maximum Gasteiger partial charge on any atom is 0.191 e. The molecule has 3 rings (SSSR count). The molecule has 0 atom stereocenters. The van der Waals surface area contributed by atoms with Crippen LogP contribution in [0.3, 0.4) is 0 Å². The molecule has 3 N–H and O–H groups in total. The molecule has 2 aromatic heterocycles. The van der Waals surface area contributed by atoms with Gasteiger partial charge in [0.15, 0.2) is 5.96 Å². The zero-order chi connectivity index (χ0) is 18.4. The van der Waals surface area contributed by atoms with E-state index in [4.69, 9.17) is 0 Å². The van der Waals surface area contributed by atoms with Gasteiger partial charge in [0.2, 0.25) is 0 Å². The van der Waals surface area contributed by atoms with E-state index in [1.807, 2.05) is 17.8 Å². The van der Waals surface area contributed by atoms with Crippen molar-refractivity contribution < 1.29 is 0 Å². The van der Waals surface area contributed by atoms with Crippen molar-refractivity contribution in [1.29, 1.82) is 0 Å². The highest BCUT2D eigenvalue weighted by Crippen LogP contribution is 2.22. The summed E-state index contributed by atoms with van der Waals surface area (Å²) in [6.07, 6.45) is 8.30. The van der Waals surface area contributed by atoms with Crippen LogP contribution >= 0.6 is 24.0 Å². The zero-order valence-corrected chi connectivity index (χ0v) is 18.7. The monoisotopic (exact) mass is 479 g/mol. The third-order valence-corrected chi connectivity index (χ3v) is 4.61. The number of rotatable bonds is 7. The van der Waals surface area contributed by atoms with Crippen LogP contribution < -0.4 is 10.6 Å². The predicted octanol–water partition coefficient (Wildman–Crippen LogP) is 3.98. The lowest BCUT2D eigenvalue weighted by molar-refractivity contribution is 0.801. The van der Waals surface area contributed by atoms with Crippen LogP contribution in [-0.2, 0) is 26.4 Å². The second-order valence-corrected chi connectivity index (χ2v) is 6.56. The molecule has 3 aromatic rings. The Labute approximate surface area is 178 Å². The second-order valence-electron chi connectivity index (χ2n) is 6.56. The summed E-state index contributed by atoms with van der Waals surface area (Å²) >= 11 is 0. The quantitative estimate of drug-likeness (QED) is 0.273. The van der Waals surface area contributed by atoms with Gasteiger partial charge >= 0.3 is 0 Å². The molecule has 27 heavy (non-hydrogen) atoms. The molecule has 5 nitrogen and oxygen atoms in total. The first-order valence-electron chi connectivity index (χ1n) is 9.42. The van der Waals surface area contributed by atoms with Crippen molar-refractivity contribution in [2.24, 2.45) is 12.0 Å². The number of nitrogens with one attached hydrogen (secondary N) is 3. The molecule has 0 fully saturated rings. The topological polar surface area (TPSA) is 57.1 Å². The van der Waals surface area contributed by atoms with Crippen LogP contribution in [-0.4, -0.2) is 28.6 Å². The molecule has 1 aromatic carbocycles. The van der Waals surface area contributed by atoms with Crippen molar-refractivity contribution in [3.05, 3.63) is 59.5 Å². The van der Waals surface area contributed by atoms with Crippen LogP contribution in [0, 0.1) is 0 Å². The molecular formula is C21H30IN5. The molecule has 0 unspecified atom stereocenters. The number of aliphatic imine (C=N–C) groups is 1. The highest BCUT2D eigenvalue weighted by atomic mass is 127. The van der Waals surface area contributed by atoms with Crippen LogP contribution in [0.4, 0.5) is 0 Å². The second kappa shape index (κ2) is 10.4. The molecule has 0 radical (unpaired) electrons. The Morgan fingerprint density at radius 1 is 1.15 bits per heavy atom.